The third-order valence-electron chi connectivity index (χ3n) is 13.7. The van der Waals surface area contributed by atoms with Gasteiger partial charge >= 0.3 is 0 Å². The van der Waals surface area contributed by atoms with Gasteiger partial charge in [-0.25, -0.2) is 9.37 Å². The number of rotatable bonds is 10. The van der Waals surface area contributed by atoms with E-state index in [9.17, 15) is 19.2 Å². The Kier molecular flexibility index (Phi) is 9.85. The minimum Gasteiger partial charge on any atom is -0.496 e. The molecule has 4 fully saturated rings. The van der Waals surface area contributed by atoms with E-state index in [0.29, 0.717) is 59.9 Å². The zero-order chi connectivity index (χ0) is 40.3. The second-order valence-electron chi connectivity index (χ2n) is 16.5. The zero-order valence-electron chi connectivity index (χ0n) is 33.4. The van der Waals surface area contributed by atoms with Crippen LogP contribution in [0.15, 0.2) is 54.9 Å². The molecule has 13 nitrogen and oxygen atoms in total. The third kappa shape index (κ3) is 6.27. The van der Waals surface area contributed by atoms with Crippen LogP contribution in [0.2, 0.25) is 0 Å². The summed E-state index contributed by atoms with van der Waals surface area (Å²) < 4.78 is 22.3. The molecule has 4 amide bonds. The highest BCUT2D eigenvalue weighted by Crippen LogP contribution is 2.59. The van der Waals surface area contributed by atoms with Gasteiger partial charge in [-0.1, -0.05) is 13.8 Å². The first-order valence-corrected chi connectivity index (χ1v) is 20.8. The molecule has 2 N–H and O–H groups in total. The zero-order valence-corrected chi connectivity index (χ0v) is 33.4. The molecule has 58 heavy (non-hydrogen) atoms. The SMILES string of the molecule is CCC1(CC)C(=O)N(c2ccnc3[nH]ccc23)[C@H]1c1cc(F)c(N2CCC(CN3CCN(c4ccc5c(c4)CN([C@H]4CCC(=O)NC4=O)C5=O)CC3)CC2)cc1OC. The number of nitrogens with zero attached hydrogens (tertiary/aromatic N) is 6. The van der Waals surface area contributed by atoms with Crippen molar-refractivity contribution in [3.63, 3.8) is 0 Å². The standard InChI is InChI=1S/C44H51FN8O5/c1-4-44(5-2)39(53(43(44)57)34-11-15-47-40-31(34)10-14-46-40)32-23-33(45)36(24-37(32)58-3)51-16-12-27(13-17-51)25-49-18-20-50(21-19-49)29-6-7-30-28(22-29)26-52(42(30)56)35-8-9-38(54)48-41(35)55/h6-7,10-11,14-15,22-24,27,35,39H,4-5,8-9,12-13,16-21,25-26H2,1-3H3,(H,46,47)(H,48,54,55)/t35-,39-/m0/s1. The molecule has 0 saturated carbocycles. The summed E-state index contributed by atoms with van der Waals surface area (Å²) in [6.07, 6.45) is 7.28. The molecule has 2 atom stereocenters. The number of aromatic amines is 1. The van der Waals surface area contributed by atoms with Crippen LogP contribution < -0.4 is 24.8 Å². The second kappa shape index (κ2) is 15.0. The van der Waals surface area contributed by atoms with Gasteiger partial charge in [-0.3, -0.25) is 29.4 Å². The van der Waals surface area contributed by atoms with E-state index in [4.69, 9.17) is 4.74 Å². The average Bonchev–Trinajstić information content (AvgIpc) is 3.85. The predicted octanol–water partition coefficient (Wildman–Crippen LogP) is 5.40. The van der Waals surface area contributed by atoms with E-state index in [1.165, 1.54) is 0 Å². The lowest BCUT2D eigenvalue weighted by Gasteiger charge is -2.56. The van der Waals surface area contributed by atoms with Crippen LogP contribution in [0.5, 0.6) is 5.75 Å². The van der Waals surface area contributed by atoms with Crippen LogP contribution in [0.25, 0.3) is 11.0 Å². The Balaban J connectivity index is 0.823. The van der Waals surface area contributed by atoms with Crippen molar-refractivity contribution in [1.82, 2.24) is 25.1 Å². The Morgan fingerprint density at radius 1 is 0.897 bits per heavy atom. The molecule has 0 spiro atoms. The Hall–Kier alpha value is -5.50. The number of methoxy groups -OCH3 is 1. The molecule has 4 saturated heterocycles. The average molecular weight is 791 g/mol. The summed E-state index contributed by atoms with van der Waals surface area (Å²) >= 11 is 0. The molecular formula is C44H51FN8O5. The van der Waals surface area contributed by atoms with Gasteiger partial charge in [0.05, 0.1) is 29.9 Å². The van der Waals surface area contributed by atoms with Gasteiger partial charge in [-0.15, -0.1) is 0 Å². The molecule has 7 heterocycles. The quantitative estimate of drug-likeness (QED) is 0.160. The molecule has 14 heteroatoms. The molecule has 0 radical (unpaired) electrons. The fourth-order valence-corrected chi connectivity index (χ4v) is 10.3. The topological polar surface area (TPSA) is 134 Å². The van der Waals surface area contributed by atoms with Gasteiger partial charge in [-0.2, -0.15) is 0 Å². The molecule has 5 aliphatic heterocycles. The Bertz CT molecular complexity index is 2270. The fraction of sp³-hybridized carbons (Fsp3) is 0.477. The number of anilines is 3. The number of piperidine rings is 2. The molecule has 0 unspecified atom stereocenters. The van der Waals surface area contributed by atoms with Crippen LogP contribution in [0.3, 0.4) is 0 Å². The molecule has 9 rings (SSSR count). The number of H-pyrrole nitrogens is 1. The van der Waals surface area contributed by atoms with Crippen molar-refractivity contribution in [3.8, 4) is 5.75 Å². The maximum atomic E-state index is 16.4. The van der Waals surface area contributed by atoms with Crippen molar-refractivity contribution in [1.29, 1.82) is 0 Å². The summed E-state index contributed by atoms with van der Waals surface area (Å²) in [5.74, 6) is -0.00789. The van der Waals surface area contributed by atoms with Gasteiger partial charge in [-0.05, 0) is 80.0 Å². The monoisotopic (exact) mass is 790 g/mol. The fourth-order valence-electron chi connectivity index (χ4n) is 10.3. The number of β-lactam (4-membered cyclic amide) rings is 1. The molecule has 0 aliphatic carbocycles. The number of hydrogen-bond donors (Lipinski definition) is 2. The number of halogens is 1. The number of hydrogen-bond acceptors (Lipinski definition) is 9. The van der Waals surface area contributed by atoms with E-state index in [-0.39, 0.29) is 36.0 Å². The minimum absolute atomic E-state index is 0.0345. The summed E-state index contributed by atoms with van der Waals surface area (Å²) in [4.78, 5) is 69.3. The number of aromatic nitrogens is 2. The van der Waals surface area contributed by atoms with Crippen LogP contribution in [0, 0.1) is 17.2 Å². The number of benzene rings is 2. The van der Waals surface area contributed by atoms with Crippen LogP contribution in [-0.2, 0) is 20.9 Å². The van der Waals surface area contributed by atoms with E-state index >= 15 is 4.39 Å². The molecule has 4 aromatic rings. The van der Waals surface area contributed by atoms with E-state index < -0.39 is 17.4 Å². The molecular weight excluding hydrogens is 740 g/mol. The van der Waals surface area contributed by atoms with Crippen molar-refractivity contribution in [2.45, 2.75) is 71.0 Å². The Morgan fingerprint density at radius 3 is 2.40 bits per heavy atom. The lowest BCUT2D eigenvalue weighted by Crippen LogP contribution is -2.63. The van der Waals surface area contributed by atoms with Gasteiger partial charge in [0.1, 0.15) is 23.3 Å². The summed E-state index contributed by atoms with van der Waals surface area (Å²) in [6.45, 7) is 10.5. The number of carbonyl (C=O) groups excluding carboxylic acids is 4. The van der Waals surface area contributed by atoms with Crippen LogP contribution in [0.4, 0.5) is 21.5 Å². The molecule has 0 bridgehead atoms. The predicted molar refractivity (Wildman–Crippen MR) is 218 cm³/mol. The summed E-state index contributed by atoms with van der Waals surface area (Å²) in [6, 6.07) is 12.2. The first-order valence-electron chi connectivity index (χ1n) is 20.8. The maximum Gasteiger partial charge on any atom is 0.255 e. The Labute approximate surface area is 337 Å². The highest BCUT2D eigenvalue weighted by atomic mass is 19.1. The number of fused-ring (bicyclic) bond motifs is 2. The van der Waals surface area contributed by atoms with Gasteiger partial charge in [0.25, 0.3) is 5.91 Å². The van der Waals surface area contributed by atoms with Gasteiger partial charge in [0, 0.05) is 99.4 Å². The number of imide groups is 1. The van der Waals surface area contributed by atoms with Crippen LogP contribution in [-0.4, -0.2) is 102 Å². The number of piperazine rings is 1. The van der Waals surface area contributed by atoms with Crippen molar-refractivity contribution in [2.24, 2.45) is 11.3 Å². The molecule has 2 aromatic carbocycles. The first-order chi connectivity index (χ1) is 28.1. The smallest absolute Gasteiger partial charge is 0.255 e. The number of ether oxygens (including phenoxy) is 1. The van der Waals surface area contributed by atoms with Gasteiger partial charge in [0.15, 0.2) is 0 Å². The lowest BCUT2D eigenvalue weighted by molar-refractivity contribution is -0.141. The summed E-state index contributed by atoms with van der Waals surface area (Å²) in [5, 5.41) is 3.22. The second-order valence-corrected chi connectivity index (χ2v) is 16.5. The maximum absolute atomic E-state index is 16.4. The Morgan fingerprint density at radius 2 is 1.67 bits per heavy atom. The van der Waals surface area contributed by atoms with Crippen LogP contribution >= 0.6 is 0 Å². The van der Waals surface area contributed by atoms with Crippen LogP contribution in [0.1, 0.15) is 79.9 Å². The third-order valence-corrected chi connectivity index (χ3v) is 13.7. The highest BCUT2D eigenvalue weighted by Gasteiger charge is 2.60. The van der Waals surface area contributed by atoms with Crippen molar-refractivity contribution in [2.75, 3.05) is 67.6 Å². The normalized spacial score (nSPS) is 22.8. The largest absolute Gasteiger partial charge is 0.496 e. The number of pyridine rings is 1. The van der Waals surface area contributed by atoms with E-state index in [0.717, 1.165) is 81.0 Å². The summed E-state index contributed by atoms with van der Waals surface area (Å²) in [5.41, 5.74) is 4.64. The highest BCUT2D eigenvalue weighted by molar-refractivity contribution is 6.11. The molecule has 5 aliphatic rings. The minimum atomic E-state index is -0.667. The van der Waals surface area contributed by atoms with E-state index in [2.05, 4.69) is 36.1 Å². The number of nitrogens with one attached hydrogen (secondary N) is 2. The first kappa shape index (κ1) is 38.0. The molecule has 2 aromatic heterocycles. The van der Waals surface area contributed by atoms with Crippen molar-refractivity contribution < 1.29 is 28.3 Å². The number of amides is 4. The van der Waals surface area contributed by atoms with Crippen molar-refractivity contribution >= 4 is 51.7 Å². The van der Waals surface area contributed by atoms with E-state index in [1.54, 1.807) is 29.2 Å². The number of carbonyl (C=O) groups is 4. The molecule has 304 valence electrons. The van der Waals surface area contributed by atoms with E-state index in [1.807, 2.05) is 50.4 Å². The van der Waals surface area contributed by atoms with Gasteiger partial charge < -0.3 is 29.3 Å². The lowest BCUT2D eigenvalue weighted by atomic mass is 9.64. The van der Waals surface area contributed by atoms with Gasteiger partial charge in [0.2, 0.25) is 17.7 Å². The van der Waals surface area contributed by atoms with Crippen molar-refractivity contribution in [3.05, 3.63) is 77.4 Å². The summed E-state index contributed by atoms with van der Waals surface area (Å²) in [7, 11) is 1.62.